The number of amides is 3. The van der Waals surface area contributed by atoms with Gasteiger partial charge < -0.3 is 10.5 Å². The topological polar surface area (TPSA) is 111 Å². The van der Waals surface area contributed by atoms with Gasteiger partial charge in [0.15, 0.2) is 6.10 Å². The molecule has 0 spiro atoms. The van der Waals surface area contributed by atoms with Gasteiger partial charge in [0.2, 0.25) is 0 Å². The van der Waals surface area contributed by atoms with E-state index in [4.69, 9.17) is 10.5 Å². The minimum Gasteiger partial charge on any atom is -0.452 e. The van der Waals surface area contributed by atoms with Crippen molar-refractivity contribution in [2.45, 2.75) is 19.4 Å². The maximum atomic E-state index is 13.2. The summed E-state index contributed by atoms with van der Waals surface area (Å²) in [5, 5.41) is 4.03. The van der Waals surface area contributed by atoms with Gasteiger partial charge in [-0.05, 0) is 19.1 Å². The van der Waals surface area contributed by atoms with Gasteiger partial charge in [0, 0.05) is 10.9 Å². The van der Waals surface area contributed by atoms with Crippen molar-refractivity contribution in [1.29, 1.82) is 0 Å². The lowest BCUT2D eigenvalue weighted by Gasteiger charge is -2.11. The number of nitrogens with two attached hydrogens (primary N) is 1. The van der Waals surface area contributed by atoms with Crippen molar-refractivity contribution < 1.29 is 23.5 Å². The second kappa shape index (κ2) is 7.64. The fraction of sp³-hybridized carbons (Fsp3) is 0.200. The Balaban J connectivity index is 1.95. The Kier molecular flexibility index (Phi) is 5.59. The number of rotatable bonds is 5. The molecule has 1 aromatic carbocycles. The van der Waals surface area contributed by atoms with E-state index in [9.17, 15) is 18.8 Å². The quantitative estimate of drug-likeness (QED) is 0.795. The molecule has 1 atom stereocenters. The number of carbonyl (C=O) groups is 3. The predicted octanol–water partition coefficient (Wildman–Crippen LogP) is 1.62. The predicted molar refractivity (Wildman–Crippen MR) is 84.5 cm³/mol. The number of nitrogens with one attached hydrogen (secondary N) is 1. The zero-order valence-electron chi connectivity index (χ0n) is 12.6. The Labute approximate surface area is 140 Å². The zero-order valence-corrected chi connectivity index (χ0v) is 13.4. The highest BCUT2D eigenvalue weighted by atomic mass is 32.1. The average molecular weight is 351 g/mol. The van der Waals surface area contributed by atoms with Gasteiger partial charge in [-0.25, -0.2) is 14.2 Å². The summed E-state index contributed by atoms with van der Waals surface area (Å²) >= 11 is 1.26. The normalized spacial score (nSPS) is 11.6. The maximum Gasteiger partial charge on any atom is 0.318 e. The molecule has 0 saturated carbocycles. The molecule has 0 aliphatic heterocycles. The second-order valence-electron chi connectivity index (χ2n) is 4.82. The minimum absolute atomic E-state index is 0.153. The Morgan fingerprint density at radius 1 is 1.42 bits per heavy atom. The van der Waals surface area contributed by atoms with Crippen molar-refractivity contribution in [3.05, 3.63) is 41.2 Å². The van der Waals surface area contributed by atoms with E-state index >= 15 is 0 Å². The van der Waals surface area contributed by atoms with Crippen molar-refractivity contribution >= 4 is 29.2 Å². The third-order valence-electron chi connectivity index (χ3n) is 2.87. The van der Waals surface area contributed by atoms with Crippen LogP contribution in [0.5, 0.6) is 0 Å². The number of aromatic nitrogens is 1. The van der Waals surface area contributed by atoms with E-state index in [0.29, 0.717) is 16.3 Å². The third kappa shape index (κ3) is 4.85. The summed E-state index contributed by atoms with van der Waals surface area (Å²) in [6.07, 6.45) is -1.31. The zero-order chi connectivity index (χ0) is 17.7. The lowest BCUT2D eigenvalue weighted by molar-refractivity contribution is -0.153. The van der Waals surface area contributed by atoms with Crippen LogP contribution in [-0.4, -0.2) is 29.0 Å². The Morgan fingerprint density at radius 2 is 2.17 bits per heavy atom. The molecule has 1 unspecified atom stereocenters. The van der Waals surface area contributed by atoms with Crippen LogP contribution in [0.3, 0.4) is 0 Å². The average Bonchev–Trinajstić information content (AvgIpc) is 2.94. The largest absolute Gasteiger partial charge is 0.452 e. The van der Waals surface area contributed by atoms with Crippen LogP contribution in [0.1, 0.15) is 12.6 Å². The van der Waals surface area contributed by atoms with Crippen molar-refractivity contribution in [2.24, 2.45) is 5.73 Å². The number of imide groups is 1. The summed E-state index contributed by atoms with van der Waals surface area (Å²) in [6, 6.07) is 4.92. The molecule has 0 aliphatic rings. The summed E-state index contributed by atoms with van der Waals surface area (Å²) in [7, 11) is 0. The molecular weight excluding hydrogens is 337 g/mol. The van der Waals surface area contributed by atoms with Crippen LogP contribution >= 0.6 is 11.3 Å². The summed E-state index contributed by atoms with van der Waals surface area (Å²) in [6.45, 7) is 1.31. The van der Waals surface area contributed by atoms with Crippen molar-refractivity contribution in [3.63, 3.8) is 0 Å². The molecule has 2 rings (SSSR count). The number of benzene rings is 1. The molecule has 3 N–H and O–H groups in total. The number of nitrogens with zero attached hydrogens (tertiary/aromatic N) is 1. The van der Waals surface area contributed by atoms with Crippen LogP contribution < -0.4 is 11.1 Å². The van der Waals surface area contributed by atoms with E-state index in [1.54, 1.807) is 17.5 Å². The van der Waals surface area contributed by atoms with Crippen molar-refractivity contribution in [2.75, 3.05) is 0 Å². The molecule has 126 valence electrons. The third-order valence-corrected chi connectivity index (χ3v) is 3.81. The van der Waals surface area contributed by atoms with Gasteiger partial charge in [-0.2, -0.15) is 0 Å². The molecule has 1 heterocycles. The lowest BCUT2D eigenvalue weighted by Crippen LogP contribution is -2.42. The number of carbonyl (C=O) groups excluding carboxylic acids is 3. The first-order chi connectivity index (χ1) is 11.3. The second-order valence-corrected chi connectivity index (χ2v) is 5.67. The van der Waals surface area contributed by atoms with E-state index in [2.05, 4.69) is 4.98 Å². The van der Waals surface area contributed by atoms with Crippen LogP contribution in [0.15, 0.2) is 29.6 Å². The van der Waals surface area contributed by atoms with Crippen molar-refractivity contribution in [3.8, 4) is 10.6 Å². The number of halogens is 1. The number of hydrogen-bond acceptors (Lipinski definition) is 6. The fourth-order valence-corrected chi connectivity index (χ4v) is 2.62. The molecule has 0 aliphatic carbocycles. The molecule has 24 heavy (non-hydrogen) atoms. The number of urea groups is 1. The van der Waals surface area contributed by atoms with E-state index in [0.717, 1.165) is 0 Å². The van der Waals surface area contributed by atoms with Gasteiger partial charge in [-0.15, -0.1) is 11.3 Å². The molecule has 9 heteroatoms. The van der Waals surface area contributed by atoms with Crippen LogP contribution in [0, 0.1) is 5.82 Å². The molecule has 1 aromatic heterocycles. The molecule has 7 nitrogen and oxygen atoms in total. The van der Waals surface area contributed by atoms with E-state index < -0.39 is 24.0 Å². The summed E-state index contributed by atoms with van der Waals surface area (Å²) < 4.78 is 18.1. The van der Waals surface area contributed by atoms with Gasteiger partial charge in [-0.1, -0.05) is 12.1 Å². The number of esters is 1. The number of primary amides is 1. The van der Waals surface area contributed by atoms with Crippen LogP contribution in [-0.2, 0) is 20.7 Å². The Bertz CT molecular complexity index is 778. The number of ether oxygens (including phenoxy) is 1. The van der Waals surface area contributed by atoms with E-state index in [1.807, 2.05) is 5.32 Å². The first-order valence-corrected chi connectivity index (χ1v) is 7.73. The molecular formula is C15H14FN3O4S. The Hall–Kier alpha value is -2.81. The van der Waals surface area contributed by atoms with Gasteiger partial charge >= 0.3 is 12.0 Å². The van der Waals surface area contributed by atoms with Crippen molar-refractivity contribution in [1.82, 2.24) is 10.3 Å². The SMILES string of the molecule is CC(OC(=O)Cc1csc(-c2cccc(F)c2)n1)C(=O)NC(N)=O. The summed E-state index contributed by atoms with van der Waals surface area (Å²) in [5.41, 5.74) is 5.85. The molecule has 0 radical (unpaired) electrons. The summed E-state index contributed by atoms with van der Waals surface area (Å²) in [5.74, 6) is -1.87. The highest BCUT2D eigenvalue weighted by molar-refractivity contribution is 7.13. The number of hydrogen-bond donors (Lipinski definition) is 2. The fourth-order valence-electron chi connectivity index (χ4n) is 1.81. The molecule has 0 bridgehead atoms. The first kappa shape index (κ1) is 17.5. The monoisotopic (exact) mass is 351 g/mol. The molecule has 0 saturated heterocycles. The number of thiazole rings is 1. The standard InChI is InChI=1S/C15H14FN3O4S/c1-8(13(21)19-15(17)22)23-12(20)6-11-7-24-14(18-11)9-3-2-4-10(16)5-9/h2-5,7-8H,6H2,1H3,(H3,17,19,21,22). The smallest absolute Gasteiger partial charge is 0.318 e. The van der Waals surface area contributed by atoms with Crippen LogP contribution in [0.2, 0.25) is 0 Å². The lowest BCUT2D eigenvalue weighted by atomic mass is 10.2. The van der Waals surface area contributed by atoms with Crippen LogP contribution in [0.25, 0.3) is 10.6 Å². The maximum absolute atomic E-state index is 13.2. The Morgan fingerprint density at radius 3 is 2.83 bits per heavy atom. The van der Waals surface area contributed by atoms with Crippen LogP contribution in [0.4, 0.5) is 9.18 Å². The van der Waals surface area contributed by atoms with E-state index in [-0.39, 0.29) is 12.2 Å². The highest BCUT2D eigenvalue weighted by Crippen LogP contribution is 2.24. The molecule has 2 aromatic rings. The summed E-state index contributed by atoms with van der Waals surface area (Å²) in [4.78, 5) is 38.0. The van der Waals surface area contributed by atoms with Gasteiger partial charge in [0.1, 0.15) is 10.8 Å². The molecule has 0 fully saturated rings. The minimum atomic E-state index is -1.16. The molecule has 3 amide bonds. The first-order valence-electron chi connectivity index (χ1n) is 6.85. The van der Waals surface area contributed by atoms with Gasteiger partial charge in [0.25, 0.3) is 5.91 Å². The van der Waals surface area contributed by atoms with Gasteiger partial charge in [-0.3, -0.25) is 14.9 Å². The highest BCUT2D eigenvalue weighted by Gasteiger charge is 2.20. The van der Waals surface area contributed by atoms with E-state index in [1.165, 1.54) is 30.4 Å². The van der Waals surface area contributed by atoms with Gasteiger partial charge in [0.05, 0.1) is 12.1 Å².